The number of aromatic nitrogens is 1. The van der Waals surface area contributed by atoms with E-state index in [-0.39, 0.29) is 17.8 Å². The van der Waals surface area contributed by atoms with Gasteiger partial charge < -0.3 is 10.4 Å². The molecule has 0 saturated heterocycles. The van der Waals surface area contributed by atoms with Gasteiger partial charge in [-0.05, 0) is 12.1 Å². The molecule has 1 amide bonds. The highest BCUT2D eigenvalue weighted by Crippen LogP contribution is 2.04. The molecule has 0 atom stereocenters. The molecule has 0 spiro atoms. The van der Waals surface area contributed by atoms with Crippen LogP contribution in [0.4, 0.5) is 0 Å². The Labute approximate surface area is 85.2 Å². The van der Waals surface area contributed by atoms with Crippen molar-refractivity contribution in [3.63, 3.8) is 0 Å². The Hall–Kier alpha value is -2.42. The molecule has 0 fully saturated rings. The number of pyridine rings is 1. The molecular formula is C9H7N3O3. The van der Waals surface area contributed by atoms with Crippen LogP contribution in [-0.4, -0.2) is 28.5 Å². The van der Waals surface area contributed by atoms with E-state index in [1.807, 2.05) is 0 Å². The lowest BCUT2D eigenvalue weighted by molar-refractivity contribution is 0.0690. The molecule has 0 unspecified atom stereocenters. The van der Waals surface area contributed by atoms with Gasteiger partial charge >= 0.3 is 5.97 Å². The van der Waals surface area contributed by atoms with Crippen LogP contribution < -0.4 is 5.32 Å². The molecule has 1 aromatic heterocycles. The molecule has 1 aromatic rings. The van der Waals surface area contributed by atoms with E-state index in [0.29, 0.717) is 0 Å². The summed E-state index contributed by atoms with van der Waals surface area (Å²) < 4.78 is 0. The van der Waals surface area contributed by atoms with Crippen LogP contribution in [0.2, 0.25) is 0 Å². The summed E-state index contributed by atoms with van der Waals surface area (Å²) in [5, 5.41) is 19.2. The Morgan fingerprint density at radius 3 is 2.93 bits per heavy atom. The van der Waals surface area contributed by atoms with Crippen molar-refractivity contribution in [2.24, 2.45) is 0 Å². The average Bonchev–Trinajstić information content (AvgIpc) is 2.25. The number of aromatic carboxylic acids is 1. The van der Waals surface area contributed by atoms with E-state index in [1.54, 1.807) is 6.07 Å². The summed E-state index contributed by atoms with van der Waals surface area (Å²) in [5.74, 6) is -1.90. The molecule has 0 aromatic carbocycles. The van der Waals surface area contributed by atoms with Gasteiger partial charge in [-0.1, -0.05) is 0 Å². The molecule has 0 saturated carbocycles. The van der Waals surface area contributed by atoms with Crippen molar-refractivity contribution in [2.75, 3.05) is 6.54 Å². The third-order valence-corrected chi connectivity index (χ3v) is 1.58. The number of carboxylic acids is 1. The first-order valence-electron chi connectivity index (χ1n) is 4.00. The monoisotopic (exact) mass is 205 g/mol. The summed E-state index contributed by atoms with van der Waals surface area (Å²) in [4.78, 5) is 25.7. The minimum atomic E-state index is -1.23. The summed E-state index contributed by atoms with van der Waals surface area (Å²) in [7, 11) is 0. The lowest BCUT2D eigenvalue weighted by Gasteiger charge is -2.02. The van der Waals surface area contributed by atoms with E-state index in [0.717, 1.165) is 0 Å². The maximum absolute atomic E-state index is 11.3. The smallest absolute Gasteiger partial charge is 0.338 e. The topological polar surface area (TPSA) is 103 Å². The molecule has 6 nitrogen and oxygen atoms in total. The van der Waals surface area contributed by atoms with E-state index in [9.17, 15) is 9.59 Å². The van der Waals surface area contributed by atoms with Gasteiger partial charge in [0, 0.05) is 6.20 Å². The van der Waals surface area contributed by atoms with E-state index in [4.69, 9.17) is 10.4 Å². The molecule has 0 bridgehead atoms. The maximum atomic E-state index is 11.3. The number of hydrogen-bond donors (Lipinski definition) is 2. The van der Waals surface area contributed by atoms with Crippen molar-refractivity contribution in [3.05, 3.63) is 29.6 Å². The zero-order valence-electron chi connectivity index (χ0n) is 7.60. The van der Waals surface area contributed by atoms with Crippen molar-refractivity contribution < 1.29 is 14.7 Å². The molecule has 15 heavy (non-hydrogen) atoms. The first kappa shape index (κ1) is 10.7. The maximum Gasteiger partial charge on any atom is 0.338 e. The van der Waals surface area contributed by atoms with Crippen LogP contribution in [0.25, 0.3) is 0 Å². The van der Waals surface area contributed by atoms with Crippen LogP contribution in [0.5, 0.6) is 0 Å². The quantitative estimate of drug-likeness (QED) is 0.677. The number of carbonyl (C=O) groups is 2. The summed E-state index contributed by atoms with van der Waals surface area (Å²) >= 11 is 0. The van der Waals surface area contributed by atoms with Crippen LogP contribution >= 0.6 is 0 Å². The van der Waals surface area contributed by atoms with Crippen molar-refractivity contribution in [1.82, 2.24) is 10.3 Å². The lowest BCUT2D eigenvalue weighted by Crippen LogP contribution is -2.26. The Morgan fingerprint density at radius 1 is 1.60 bits per heavy atom. The van der Waals surface area contributed by atoms with Crippen LogP contribution in [0, 0.1) is 11.3 Å². The van der Waals surface area contributed by atoms with Gasteiger partial charge in [0.2, 0.25) is 0 Å². The summed E-state index contributed by atoms with van der Waals surface area (Å²) in [6, 6.07) is 4.41. The minimum Gasteiger partial charge on any atom is -0.478 e. The Morgan fingerprint density at radius 2 is 2.33 bits per heavy atom. The second-order valence-corrected chi connectivity index (χ2v) is 2.55. The van der Waals surface area contributed by atoms with Crippen molar-refractivity contribution in [3.8, 4) is 6.07 Å². The molecular weight excluding hydrogens is 198 g/mol. The van der Waals surface area contributed by atoms with Gasteiger partial charge in [-0.15, -0.1) is 0 Å². The fraction of sp³-hybridized carbons (Fsp3) is 0.111. The number of nitrogens with one attached hydrogen (secondary N) is 1. The number of nitrogens with zero attached hydrogens (tertiary/aromatic N) is 2. The van der Waals surface area contributed by atoms with E-state index in [2.05, 4.69) is 10.3 Å². The van der Waals surface area contributed by atoms with Crippen LogP contribution in [0.3, 0.4) is 0 Å². The fourth-order valence-corrected chi connectivity index (χ4v) is 0.962. The number of carbonyl (C=O) groups excluding carboxylic acids is 1. The van der Waals surface area contributed by atoms with E-state index < -0.39 is 11.9 Å². The largest absolute Gasteiger partial charge is 0.478 e. The zero-order chi connectivity index (χ0) is 11.3. The molecule has 0 aliphatic rings. The Balaban J connectivity index is 2.98. The van der Waals surface area contributed by atoms with Crippen molar-refractivity contribution in [2.45, 2.75) is 0 Å². The van der Waals surface area contributed by atoms with Crippen molar-refractivity contribution in [1.29, 1.82) is 5.26 Å². The predicted octanol–water partition coefficient (Wildman–Crippen LogP) is 0.0332. The van der Waals surface area contributed by atoms with Crippen LogP contribution in [-0.2, 0) is 0 Å². The molecule has 6 heteroatoms. The highest BCUT2D eigenvalue weighted by Gasteiger charge is 2.16. The van der Waals surface area contributed by atoms with E-state index in [1.165, 1.54) is 18.3 Å². The van der Waals surface area contributed by atoms with Gasteiger partial charge in [0.1, 0.15) is 12.2 Å². The molecule has 0 aliphatic carbocycles. The van der Waals surface area contributed by atoms with Crippen LogP contribution in [0.15, 0.2) is 18.3 Å². The van der Waals surface area contributed by atoms with Crippen molar-refractivity contribution >= 4 is 11.9 Å². The second kappa shape index (κ2) is 4.72. The predicted molar refractivity (Wildman–Crippen MR) is 49.1 cm³/mol. The fourth-order valence-electron chi connectivity index (χ4n) is 0.962. The number of amides is 1. The van der Waals surface area contributed by atoms with Gasteiger partial charge in [-0.2, -0.15) is 5.26 Å². The first-order valence-corrected chi connectivity index (χ1v) is 4.00. The third kappa shape index (κ3) is 2.51. The number of hydrogen-bond acceptors (Lipinski definition) is 4. The van der Waals surface area contributed by atoms with Gasteiger partial charge in [0.25, 0.3) is 5.91 Å². The molecule has 0 aliphatic heterocycles. The molecule has 2 N–H and O–H groups in total. The SMILES string of the molecule is N#CCNC(=O)c1ncccc1C(=O)O. The molecule has 1 rings (SSSR count). The average molecular weight is 205 g/mol. The minimum absolute atomic E-state index is 0.186. The normalized spacial score (nSPS) is 9.00. The highest BCUT2D eigenvalue weighted by atomic mass is 16.4. The van der Waals surface area contributed by atoms with Crippen LogP contribution in [0.1, 0.15) is 20.8 Å². The standard InChI is InChI=1S/C9H7N3O3/c10-3-5-12-8(13)7-6(9(14)15)2-1-4-11-7/h1-2,4H,5H2,(H,12,13)(H,14,15). The van der Waals surface area contributed by atoms with Gasteiger partial charge in [0.15, 0.2) is 0 Å². The van der Waals surface area contributed by atoms with E-state index >= 15 is 0 Å². The molecule has 0 radical (unpaired) electrons. The summed E-state index contributed by atoms with van der Waals surface area (Å²) in [6.45, 7) is -0.186. The Bertz CT molecular complexity index is 436. The van der Waals surface area contributed by atoms with Gasteiger partial charge in [-0.25, -0.2) is 4.79 Å². The summed E-state index contributed by atoms with van der Waals surface area (Å²) in [6.07, 6.45) is 1.31. The van der Waals surface area contributed by atoms with Gasteiger partial charge in [-0.3, -0.25) is 9.78 Å². The number of nitriles is 1. The second-order valence-electron chi connectivity index (χ2n) is 2.55. The number of carboxylic acid groups (broad SMARTS) is 1. The highest BCUT2D eigenvalue weighted by molar-refractivity contribution is 6.03. The molecule has 1 heterocycles. The third-order valence-electron chi connectivity index (χ3n) is 1.58. The van der Waals surface area contributed by atoms with Gasteiger partial charge in [0.05, 0.1) is 11.6 Å². The summed E-state index contributed by atoms with van der Waals surface area (Å²) in [5.41, 5.74) is -0.381. The lowest BCUT2D eigenvalue weighted by atomic mass is 10.2. The first-order chi connectivity index (χ1) is 7.16. The molecule has 76 valence electrons. The zero-order valence-corrected chi connectivity index (χ0v) is 7.60. The Kier molecular flexibility index (Phi) is 3.35. The number of rotatable bonds is 3.